The van der Waals surface area contributed by atoms with E-state index in [0.717, 1.165) is 25.5 Å². The number of anilines is 1. The van der Waals surface area contributed by atoms with Gasteiger partial charge in [0, 0.05) is 25.3 Å². The fraction of sp³-hybridized carbons (Fsp3) is 0.615. The van der Waals surface area contributed by atoms with E-state index in [1.165, 1.54) is 19.3 Å². The minimum atomic E-state index is 0.534. The zero-order valence-electron chi connectivity index (χ0n) is 10.6. The topological polar surface area (TPSA) is 28.2 Å². The van der Waals surface area contributed by atoms with Crippen molar-refractivity contribution in [3.63, 3.8) is 0 Å². The summed E-state index contributed by atoms with van der Waals surface area (Å²) in [6.07, 6.45) is 5.46. The highest BCUT2D eigenvalue weighted by Crippen LogP contribution is 2.26. The lowest BCUT2D eigenvalue weighted by Gasteiger charge is -2.31. The highest BCUT2D eigenvalue weighted by Gasteiger charge is 2.18. The molecule has 3 nitrogen and oxygen atoms in total. The van der Waals surface area contributed by atoms with Crippen LogP contribution in [0.4, 0.5) is 5.82 Å². The Bertz CT molecular complexity index is 392. The summed E-state index contributed by atoms with van der Waals surface area (Å²) in [5.41, 5.74) is 0. The van der Waals surface area contributed by atoms with Crippen molar-refractivity contribution in [3.05, 3.63) is 22.3 Å². The number of hydrogen-bond donors (Lipinski definition) is 1. The number of piperidine rings is 1. The van der Waals surface area contributed by atoms with E-state index in [1.54, 1.807) is 12.3 Å². The second kappa shape index (κ2) is 6.60. The maximum Gasteiger partial charge on any atom is 0.147 e. The predicted molar refractivity (Wildman–Crippen MR) is 77.8 cm³/mol. The smallest absolute Gasteiger partial charge is 0.147 e. The van der Waals surface area contributed by atoms with Gasteiger partial charge in [-0.3, -0.25) is 0 Å². The molecule has 100 valence electrons. The zero-order valence-corrected chi connectivity index (χ0v) is 12.1. The summed E-state index contributed by atoms with van der Waals surface area (Å²) in [6, 6.07) is 2.29. The summed E-state index contributed by atoms with van der Waals surface area (Å²) >= 11 is 12.1. The number of nitrogens with zero attached hydrogens (tertiary/aromatic N) is 2. The number of pyridine rings is 1. The van der Waals surface area contributed by atoms with Gasteiger partial charge < -0.3 is 10.2 Å². The van der Waals surface area contributed by atoms with Crippen LogP contribution in [0.2, 0.25) is 10.0 Å². The molecule has 18 heavy (non-hydrogen) atoms. The van der Waals surface area contributed by atoms with Crippen LogP contribution in [0.15, 0.2) is 12.3 Å². The van der Waals surface area contributed by atoms with E-state index in [2.05, 4.69) is 22.1 Å². The van der Waals surface area contributed by atoms with Gasteiger partial charge in [0.15, 0.2) is 0 Å². The molecule has 1 aliphatic heterocycles. The maximum atomic E-state index is 6.21. The molecule has 1 atom stereocenters. The Labute approximate surface area is 118 Å². The third-order valence-electron chi connectivity index (χ3n) is 3.32. The van der Waals surface area contributed by atoms with Crippen molar-refractivity contribution in [1.29, 1.82) is 0 Å². The number of rotatable bonds is 4. The minimum Gasteiger partial charge on any atom is -0.354 e. The number of nitrogens with one attached hydrogen (secondary N) is 1. The van der Waals surface area contributed by atoms with Crippen LogP contribution in [-0.4, -0.2) is 30.7 Å². The Kier molecular flexibility index (Phi) is 5.10. The fourth-order valence-corrected chi connectivity index (χ4v) is 2.85. The number of halogens is 2. The molecule has 1 saturated heterocycles. The molecule has 0 bridgehead atoms. The molecule has 1 aromatic heterocycles. The zero-order chi connectivity index (χ0) is 13.0. The van der Waals surface area contributed by atoms with Crippen LogP contribution in [-0.2, 0) is 0 Å². The second-order valence-electron chi connectivity index (χ2n) is 4.64. The minimum absolute atomic E-state index is 0.534. The molecule has 2 heterocycles. The van der Waals surface area contributed by atoms with Crippen molar-refractivity contribution in [3.8, 4) is 0 Å². The van der Waals surface area contributed by atoms with Crippen LogP contribution in [0.5, 0.6) is 0 Å². The fourth-order valence-electron chi connectivity index (χ4n) is 2.35. The van der Waals surface area contributed by atoms with E-state index in [1.807, 2.05) is 0 Å². The Morgan fingerprint density at radius 1 is 1.44 bits per heavy atom. The van der Waals surface area contributed by atoms with Gasteiger partial charge in [-0.05, 0) is 32.4 Å². The van der Waals surface area contributed by atoms with Crippen LogP contribution in [0.25, 0.3) is 0 Å². The van der Waals surface area contributed by atoms with Gasteiger partial charge in [0.2, 0.25) is 0 Å². The van der Waals surface area contributed by atoms with Crippen LogP contribution in [0, 0.1) is 0 Å². The summed E-state index contributed by atoms with van der Waals surface area (Å²) in [4.78, 5) is 6.56. The first kappa shape index (κ1) is 13.9. The lowest BCUT2D eigenvalue weighted by Crippen LogP contribution is -2.44. The Morgan fingerprint density at radius 3 is 2.89 bits per heavy atom. The molecule has 0 spiro atoms. The van der Waals surface area contributed by atoms with Gasteiger partial charge in [-0.2, -0.15) is 0 Å². The molecule has 0 saturated carbocycles. The second-order valence-corrected chi connectivity index (χ2v) is 5.49. The highest BCUT2D eigenvalue weighted by atomic mass is 35.5. The SMILES string of the molecule is CCN(CC1CCCCN1)c1ncc(Cl)cc1Cl. The first-order chi connectivity index (χ1) is 8.70. The van der Waals surface area contributed by atoms with E-state index in [-0.39, 0.29) is 0 Å². The largest absolute Gasteiger partial charge is 0.354 e. The molecule has 1 fully saturated rings. The predicted octanol–water partition coefficient (Wildman–Crippen LogP) is 3.36. The third kappa shape index (κ3) is 3.50. The molecule has 2 rings (SSSR count). The van der Waals surface area contributed by atoms with Gasteiger partial charge in [-0.1, -0.05) is 29.6 Å². The van der Waals surface area contributed by atoms with Crippen LogP contribution in [0.3, 0.4) is 0 Å². The maximum absolute atomic E-state index is 6.21. The first-order valence-corrected chi connectivity index (χ1v) is 7.25. The van der Waals surface area contributed by atoms with Gasteiger partial charge in [0.25, 0.3) is 0 Å². The molecular weight excluding hydrogens is 269 g/mol. The van der Waals surface area contributed by atoms with Crippen LogP contribution < -0.4 is 10.2 Å². The molecule has 1 unspecified atom stereocenters. The standard InChI is InChI=1S/C13H19Cl2N3/c1-2-18(9-11-5-3-4-6-16-11)13-12(15)7-10(14)8-17-13/h7-8,11,16H,2-6,9H2,1H3. The van der Waals surface area contributed by atoms with E-state index in [4.69, 9.17) is 23.2 Å². The van der Waals surface area contributed by atoms with Crippen molar-refractivity contribution >= 4 is 29.0 Å². The molecule has 1 N–H and O–H groups in total. The van der Waals surface area contributed by atoms with Crippen molar-refractivity contribution in [1.82, 2.24) is 10.3 Å². The lowest BCUT2D eigenvalue weighted by atomic mass is 10.0. The van der Waals surface area contributed by atoms with Gasteiger partial charge in [-0.25, -0.2) is 4.98 Å². The quantitative estimate of drug-likeness (QED) is 0.921. The summed E-state index contributed by atoms with van der Waals surface area (Å²) in [7, 11) is 0. The number of aromatic nitrogens is 1. The molecular formula is C13H19Cl2N3. The normalized spacial score (nSPS) is 19.8. The average Bonchev–Trinajstić information content (AvgIpc) is 2.38. The summed E-state index contributed by atoms with van der Waals surface area (Å²) in [5.74, 6) is 0.830. The van der Waals surface area contributed by atoms with Crippen LogP contribution >= 0.6 is 23.2 Å². The molecule has 0 amide bonds. The van der Waals surface area contributed by atoms with E-state index in [9.17, 15) is 0 Å². The van der Waals surface area contributed by atoms with Gasteiger partial charge in [0.1, 0.15) is 5.82 Å². The van der Waals surface area contributed by atoms with E-state index in [0.29, 0.717) is 16.1 Å². The van der Waals surface area contributed by atoms with E-state index >= 15 is 0 Å². The van der Waals surface area contributed by atoms with Gasteiger partial charge in [-0.15, -0.1) is 0 Å². The van der Waals surface area contributed by atoms with Crippen molar-refractivity contribution < 1.29 is 0 Å². The van der Waals surface area contributed by atoms with Crippen LogP contribution in [0.1, 0.15) is 26.2 Å². The van der Waals surface area contributed by atoms with E-state index < -0.39 is 0 Å². The molecule has 0 radical (unpaired) electrons. The molecule has 0 aromatic carbocycles. The summed E-state index contributed by atoms with van der Waals surface area (Å²) in [6.45, 7) is 5.08. The number of hydrogen-bond acceptors (Lipinski definition) is 3. The number of likely N-dealkylation sites (N-methyl/N-ethyl adjacent to an activating group) is 1. The van der Waals surface area contributed by atoms with Gasteiger partial charge >= 0.3 is 0 Å². The molecule has 1 aromatic rings. The molecule has 1 aliphatic rings. The first-order valence-electron chi connectivity index (χ1n) is 6.50. The summed E-state index contributed by atoms with van der Waals surface area (Å²) < 4.78 is 0. The highest BCUT2D eigenvalue weighted by molar-refractivity contribution is 6.36. The summed E-state index contributed by atoms with van der Waals surface area (Å²) in [5, 5.41) is 4.75. The molecule has 5 heteroatoms. The van der Waals surface area contributed by atoms with Crippen molar-refractivity contribution in [2.24, 2.45) is 0 Å². The monoisotopic (exact) mass is 287 g/mol. The Morgan fingerprint density at radius 2 is 2.28 bits per heavy atom. The Hall–Kier alpha value is -0.510. The lowest BCUT2D eigenvalue weighted by molar-refractivity contribution is 0.400. The van der Waals surface area contributed by atoms with Gasteiger partial charge in [0.05, 0.1) is 10.0 Å². The van der Waals surface area contributed by atoms with Crippen molar-refractivity contribution in [2.45, 2.75) is 32.2 Å². The molecule has 0 aliphatic carbocycles. The Balaban J connectivity index is 2.07. The average molecular weight is 288 g/mol. The van der Waals surface area contributed by atoms with Crippen molar-refractivity contribution in [2.75, 3.05) is 24.5 Å². The third-order valence-corrected chi connectivity index (χ3v) is 3.81.